The van der Waals surface area contributed by atoms with Crippen LogP contribution >= 0.6 is 22.6 Å². The quantitative estimate of drug-likeness (QED) is 0.573. The predicted molar refractivity (Wildman–Crippen MR) is 67.1 cm³/mol. The molecule has 0 saturated heterocycles. The van der Waals surface area contributed by atoms with Crippen molar-refractivity contribution in [3.8, 4) is 0 Å². The molecule has 1 aliphatic rings. The Bertz CT molecular complexity index is 155. The monoisotopic (exact) mass is 312 g/mol. The van der Waals surface area contributed by atoms with Gasteiger partial charge in [0.2, 0.25) is 0 Å². The molecule has 0 bridgehead atoms. The first-order valence-electron chi connectivity index (χ1n) is 5.45. The van der Waals surface area contributed by atoms with Crippen molar-refractivity contribution in [3.05, 3.63) is 0 Å². The van der Waals surface area contributed by atoms with Crippen molar-refractivity contribution in [2.75, 3.05) is 18.1 Å². The highest BCUT2D eigenvalue weighted by Gasteiger charge is 2.33. The summed E-state index contributed by atoms with van der Waals surface area (Å²) in [4.78, 5) is 0. The van der Waals surface area contributed by atoms with E-state index in [0.717, 1.165) is 4.43 Å². The van der Waals surface area contributed by atoms with Crippen molar-refractivity contribution in [3.63, 3.8) is 0 Å². The molecule has 0 spiro atoms. The van der Waals surface area contributed by atoms with Gasteiger partial charge in [0, 0.05) is 11.5 Å². The van der Waals surface area contributed by atoms with Crippen LogP contribution in [0.3, 0.4) is 0 Å². The Morgan fingerprint density at radius 2 is 1.93 bits per heavy atom. The Morgan fingerprint density at radius 3 is 2.43 bits per heavy atom. The first-order valence-corrected chi connectivity index (χ1v) is 6.98. The number of alkyl halides is 1. The highest BCUT2D eigenvalue weighted by molar-refractivity contribution is 14.1. The Labute approximate surface area is 101 Å². The largest absolute Gasteiger partial charge is 0.382 e. The van der Waals surface area contributed by atoms with E-state index >= 15 is 0 Å². The van der Waals surface area contributed by atoms with Gasteiger partial charge < -0.3 is 9.47 Å². The van der Waals surface area contributed by atoms with Crippen molar-refractivity contribution >= 4 is 22.6 Å². The van der Waals surface area contributed by atoms with Crippen LogP contribution in [0.5, 0.6) is 0 Å². The summed E-state index contributed by atoms with van der Waals surface area (Å²) in [5, 5.41) is 0. The Morgan fingerprint density at radius 1 is 1.29 bits per heavy atom. The number of halogens is 1. The number of rotatable bonds is 5. The van der Waals surface area contributed by atoms with Crippen molar-refractivity contribution in [1.29, 1.82) is 0 Å². The van der Waals surface area contributed by atoms with E-state index in [0.29, 0.717) is 6.61 Å². The zero-order chi connectivity index (χ0) is 10.4. The maximum atomic E-state index is 6.14. The molecule has 1 rings (SSSR count). The molecule has 2 nitrogen and oxygen atoms in total. The number of ether oxygens (including phenoxy) is 2. The minimum atomic E-state index is 0.150. The lowest BCUT2D eigenvalue weighted by Crippen LogP contribution is -2.40. The summed E-state index contributed by atoms with van der Waals surface area (Å²) >= 11 is 2.46. The highest BCUT2D eigenvalue weighted by Crippen LogP contribution is 2.34. The molecule has 3 heteroatoms. The molecule has 0 aromatic rings. The molecule has 0 aliphatic heterocycles. The lowest BCUT2D eigenvalue weighted by Gasteiger charge is -2.38. The molecule has 0 aromatic heterocycles. The van der Waals surface area contributed by atoms with Gasteiger partial charge in [-0.15, -0.1) is 0 Å². The summed E-state index contributed by atoms with van der Waals surface area (Å²) in [6.45, 7) is 2.81. The van der Waals surface area contributed by atoms with Crippen LogP contribution in [0.2, 0.25) is 0 Å². The van der Waals surface area contributed by atoms with Gasteiger partial charge in [-0.3, -0.25) is 0 Å². The Kier molecular flexibility index (Phi) is 5.71. The van der Waals surface area contributed by atoms with Crippen LogP contribution in [0.4, 0.5) is 0 Å². The highest BCUT2D eigenvalue weighted by atomic mass is 127. The van der Waals surface area contributed by atoms with E-state index in [1.807, 2.05) is 0 Å². The second-order valence-corrected chi connectivity index (χ2v) is 5.02. The van der Waals surface area contributed by atoms with Gasteiger partial charge in [-0.1, -0.05) is 41.9 Å². The van der Waals surface area contributed by atoms with E-state index in [9.17, 15) is 0 Å². The van der Waals surface area contributed by atoms with Crippen molar-refractivity contribution in [2.45, 2.75) is 50.7 Å². The third-order valence-corrected chi connectivity index (χ3v) is 4.25. The topological polar surface area (TPSA) is 18.5 Å². The molecule has 0 N–H and O–H groups in total. The van der Waals surface area contributed by atoms with Crippen LogP contribution in [0, 0.1) is 0 Å². The SMILES string of the molecule is COCC(C)OC1(CI)CCCCC1. The third-order valence-electron chi connectivity index (χ3n) is 2.86. The molecule has 84 valence electrons. The summed E-state index contributed by atoms with van der Waals surface area (Å²) in [5.74, 6) is 0. The van der Waals surface area contributed by atoms with E-state index in [2.05, 4.69) is 29.5 Å². The minimum absolute atomic E-state index is 0.150. The van der Waals surface area contributed by atoms with Gasteiger partial charge in [0.15, 0.2) is 0 Å². The van der Waals surface area contributed by atoms with Crippen molar-refractivity contribution in [2.24, 2.45) is 0 Å². The Hall–Kier alpha value is 0.650. The standard InChI is InChI=1S/C11H21IO2/c1-10(8-13-2)14-11(9-12)6-4-3-5-7-11/h10H,3-9H2,1-2H3. The first-order chi connectivity index (χ1) is 6.72. The molecule has 1 unspecified atom stereocenters. The maximum Gasteiger partial charge on any atom is 0.0788 e. The van der Waals surface area contributed by atoms with Crippen molar-refractivity contribution < 1.29 is 9.47 Å². The van der Waals surface area contributed by atoms with E-state index < -0.39 is 0 Å². The number of methoxy groups -OCH3 is 1. The van der Waals surface area contributed by atoms with Crippen LogP contribution < -0.4 is 0 Å². The molecular formula is C11H21IO2. The fourth-order valence-electron chi connectivity index (χ4n) is 2.17. The second-order valence-electron chi connectivity index (χ2n) is 4.26. The summed E-state index contributed by atoms with van der Waals surface area (Å²) in [5.41, 5.74) is 0.150. The smallest absolute Gasteiger partial charge is 0.0788 e. The molecule has 1 saturated carbocycles. The van der Waals surface area contributed by atoms with Gasteiger partial charge in [0.25, 0.3) is 0 Å². The van der Waals surface area contributed by atoms with Gasteiger partial charge in [-0.25, -0.2) is 0 Å². The maximum absolute atomic E-state index is 6.14. The van der Waals surface area contributed by atoms with Crippen LogP contribution in [-0.2, 0) is 9.47 Å². The molecule has 1 atom stereocenters. The normalized spacial score (nSPS) is 23.4. The zero-order valence-electron chi connectivity index (χ0n) is 9.22. The Balaban J connectivity index is 2.42. The number of hydrogen-bond acceptors (Lipinski definition) is 2. The van der Waals surface area contributed by atoms with Crippen LogP contribution in [0.25, 0.3) is 0 Å². The first kappa shape index (κ1) is 12.7. The van der Waals surface area contributed by atoms with Gasteiger partial charge in [0.05, 0.1) is 18.3 Å². The van der Waals surface area contributed by atoms with Gasteiger partial charge in [-0.05, 0) is 19.8 Å². The van der Waals surface area contributed by atoms with Gasteiger partial charge in [-0.2, -0.15) is 0 Å². The summed E-state index contributed by atoms with van der Waals surface area (Å²) in [6.07, 6.45) is 6.70. The van der Waals surface area contributed by atoms with Crippen LogP contribution in [0.1, 0.15) is 39.0 Å². The minimum Gasteiger partial charge on any atom is -0.382 e. The summed E-state index contributed by atoms with van der Waals surface area (Å²) < 4.78 is 12.4. The molecule has 0 amide bonds. The molecule has 0 radical (unpaired) electrons. The second kappa shape index (κ2) is 6.28. The average Bonchev–Trinajstić information content (AvgIpc) is 2.19. The zero-order valence-corrected chi connectivity index (χ0v) is 11.4. The molecule has 0 heterocycles. The lowest BCUT2D eigenvalue weighted by molar-refractivity contribution is -0.109. The molecule has 1 aliphatic carbocycles. The van der Waals surface area contributed by atoms with Crippen LogP contribution in [-0.4, -0.2) is 29.8 Å². The fourth-order valence-corrected chi connectivity index (χ4v) is 3.12. The predicted octanol–water partition coefficient (Wildman–Crippen LogP) is 3.18. The van der Waals surface area contributed by atoms with Crippen LogP contribution in [0.15, 0.2) is 0 Å². The molecule has 0 aromatic carbocycles. The lowest BCUT2D eigenvalue weighted by atomic mass is 9.86. The van der Waals surface area contributed by atoms with E-state index in [4.69, 9.17) is 9.47 Å². The van der Waals surface area contributed by atoms with E-state index in [1.54, 1.807) is 7.11 Å². The van der Waals surface area contributed by atoms with E-state index in [1.165, 1.54) is 32.1 Å². The number of hydrogen-bond donors (Lipinski definition) is 0. The molecule has 14 heavy (non-hydrogen) atoms. The average molecular weight is 312 g/mol. The van der Waals surface area contributed by atoms with Gasteiger partial charge in [0.1, 0.15) is 0 Å². The van der Waals surface area contributed by atoms with E-state index in [-0.39, 0.29) is 11.7 Å². The van der Waals surface area contributed by atoms with Gasteiger partial charge >= 0.3 is 0 Å². The van der Waals surface area contributed by atoms with Crippen molar-refractivity contribution in [1.82, 2.24) is 0 Å². The third kappa shape index (κ3) is 3.66. The summed E-state index contributed by atoms with van der Waals surface area (Å²) in [7, 11) is 1.73. The molecule has 1 fully saturated rings. The fraction of sp³-hybridized carbons (Fsp3) is 1.00. The molecular weight excluding hydrogens is 291 g/mol. The summed E-state index contributed by atoms with van der Waals surface area (Å²) in [6, 6.07) is 0.